The van der Waals surface area contributed by atoms with E-state index in [2.05, 4.69) is 65.3 Å². The monoisotopic (exact) mass is 1960 g/mol. The molecule has 2 heterocycles. The number of ketones is 4. The number of nitrogens with one attached hydrogen (secondary N) is 6. The van der Waals surface area contributed by atoms with E-state index in [0.717, 1.165) is 82.8 Å². The molecule has 0 spiro atoms. The first-order valence-corrected chi connectivity index (χ1v) is 57.0. The summed E-state index contributed by atoms with van der Waals surface area (Å²) in [6.07, 6.45) is 51.6. The molecule has 2 saturated heterocycles. The minimum absolute atomic E-state index is 0.0456. The number of hydrogen-bond acceptors (Lipinski definition) is 23. The van der Waals surface area contributed by atoms with Gasteiger partial charge in [-0.3, -0.25) is 57.5 Å². The Labute approximate surface area is 829 Å². The van der Waals surface area contributed by atoms with Crippen LogP contribution in [0.3, 0.4) is 0 Å². The lowest BCUT2D eigenvalue weighted by Gasteiger charge is -2.26. The molecule has 12 atom stereocenters. The second kappa shape index (κ2) is 85.5. The number of carbonyl (C=O) groups excluding carboxylic acids is 12. The number of aliphatic hydroxyl groups excluding tert-OH is 1. The van der Waals surface area contributed by atoms with Crippen LogP contribution in [-0.4, -0.2) is 197 Å². The summed E-state index contributed by atoms with van der Waals surface area (Å²) in [4.78, 5) is 181. The molecule has 0 aromatic carbocycles. The molecule has 16 N–H and O–H groups in total. The Morgan fingerprint density at radius 2 is 0.793 bits per heavy atom. The first-order valence-electron chi connectivity index (χ1n) is 54.2. The predicted octanol–water partition coefficient (Wildman–Crippen LogP) is 17.8. The SMILES string of the molecule is CCCCCCCCCCCCCCCC(=O)CC(CSCC(COC(=O)CCCCCCCCCCCCCCC)OC(=O)CCCCCCCCCCCCCCC)C(=O)NC(CO)C(=O)CC(CCCCN)C(=O)NC(CCCCN)C(=O)CC(CCCCN)C(=O)NC(CCCCN)C(=O)CC(CS)C(=O)NC(CCCCNC(=O)CCCCC1SCC2CC(=O)NC21)C(=O)O. The van der Waals surface area contributed by atoms with Gasteiger partial charge in [0.05, 0.1) is 30.5 Å². The van der Waals surface area contributed by atoms with Gasteiger partial charge in [-0.15, -0.1) is 0 Å². The molecule has 135 heavy (non-hydrogen) atoms. The Hall–Kier alpha value is -5.24. The summed E-state index contributed by atoms with van der Waals surface area (Å²) in [5, 5.41) is 38.8. The molecule has 782 valence electrons. The molecule has 0 aromatic rings. The number of thiol groups is 1. The molecule has 2 aliphatic rings. The average molecular weight is 1960 g/mol. The summed E-state index contributed by atoms with van der Waals surface area (Å²) in [6, 6.07) is -4.94. The molecule has 2 rings (SSSR count). The molecule has 27 nitrogen and oxygen atoms in total. The van der Waals surface area contributed by atoms with E-state index in [4.69, 9.17) is 32.4 Å². The summed E-state index contributed by atoms with van der Waals surface area (Å²) in [7, 11) is 0. The minimum Gasteiger partial charge on any atom is -0.480 e. The van der Waals surface area contributed by atoms with Crippen molar-refractivity contribution >= 4 is 113 Å². The molecule has 30 heteroatoms. The van der Waals surface area contributed by atoms with Gasteiger partial charge in [0.25, 0.3) is 0 Å². The van der Waals surface area contributed by atoms with Crippen molar-refractivity contribution in [2.24, 2.45) is 52.5 Å². The molecule has 6 amide bonds. The van der Waals surface area contributed by atoms with Gasteiger partial charge in [0.1, 0.15) is 30.6 Å². The summed E-state index contributed by atoms with van der Waals surface area (Å²) in [5.41, 5.74) is 23.8. The van der Waals surface area contributed by atoms with Gasteiger partial charge in [-0.1, -0.05) is 271 Å². The van der Waals surface area contributed by atoms with Crippen LogP contribution in [0.25, 0.3) is 0 Å². The number of Topliss-reactive ketones (excluding diaryl/α,β-unsaturated/α-hetero) is 4. The largest absolute Gasteiger partial charge is 0.480 e. The number of carboxylic acid groups (broad SMARTS) is 1. The Morgan fingerprint density at radius 3 is 1.23 bits per heavy atom. The molecular weight excluding hydrogens is 1770 g/mol. The normalized spacial score (nSPS) is 16.1. The van der Waals surface area contributed by atoms with E-state index in [1.807, 2.05) is 11.8 Å². The van der Waals surface area contributed by atoms with E-state index in [9.17, 15) is 72.5 Å². The maximum Gasteiger partial charge on any atom is 0.326 e. The summed E-state index contributed by atoms with van der Waals surface area (Å²) < 4.78 is 11.9. The van der Waals surface area contributed by atoms with Crippen LogP contribution in [0, 0.1) is 29.6 Å². The lowest BCUT2D eigenvalue weighted by molar-refractivity contribution is -0.157. The fraction of sp³-hybridized carbons (Fsp3) is 0.876. The van der Waals surface area contributed by atoms with Gasteiger partial charge in [0.15, 0.2) is 17.3 Å². The van der Waals surface area contributed by atoms with Crippen molar-refractivity contribution in [2.45, 2.75) is 486 Å². The van der Waals surface area contributed by atoms with E-state index in [1.54, 1.807) is 0 Å². The smallest absolute Gasteiger partial charge is 0.326 e. The van der Waals surface area contributed by atoms with Crippen LogP contribution in [-0.2, 0) is 71.8 Å². The maximum absolute atomic E-state index is 14.9. The summed E-state index contributed by atoms with van der Waals surface area (Å²) in [5.74, 6) is -9.41. The zero-order chi connectivity index (χ0) is 99.0. The highest BCUT2D eigenvalue weighted by molar-refractivity contribution is 8.00. The topological polar surface area (TPSA) is 457 Å². The second-order valence-corrected chi connectivity index (χ2v) is 41.7. The van der Waals surface area contributed by atoms with Crippen molar-refractivity contribution in [1.82, 2.24) is 31.9 Å². The minimum atomic E-state index is -1.51. The fourth-order valence-electron chi connectivity index (χ4n) is 18.2. The number of fused-ring (bicyclic) bond motifs is 1. The third-order valence-electron chi connectivity index (χ3n) is 26.8. The van der Waals surface area contributed by atoms with E-state index < -0.39 is 126 Å². The van der Waals surface area contributed by atoms with Crippen molar-refractivity contribution in [3.8, 4) is 0 Å². The lowest BCUT2D eigenvalue weighted by Crippen LogP contribution is -2.49. The van der Waals surface area contributed by atoms with Gasteiger partial charge in [0.2, 0.25) is 35.4 Å². The van der Waals surface area contributed by atoms with E-state index >= 15 is 0 Å². The average Bonchev–Trinajstić information content (AvgIpc) is 1.67. The van der Waals surface area contributed by atoms with Crippen LogP contribution >= 0.6 is 36.2 Å². The Bertz CT molecular complexity index is 3170. The van der Waals surface area contributed by atoms with Gasteiger partial charge >= 0.3 is 17.9 Å². The number of aliphatic carboxylic acids is 1. The molecule has 0 radical (unpaired) electrons. The van der Waals surface area contributed by atoms with Gasteiger partial charge in [-0.25, -0.2) is 4.79 Å². The molecule has 0 saturated carbocycles. The molecule has 12 unspecified atom stereocenters. The van der Waals surface area contributed by atoms with Crippen LogP contribution in [0.5, 0.6) is 0 Å². The highest BCUT2D eigenvalue weighted by Gasteiger charge is 2.43. The number of thioether (sulfide) groups is 2. The van der Waals surface area contributed by atoms with Gasteiger partial charge in [0, 0.05) is 105 Å². The van der Waals surface area contributed by atoms with E-state index in [-0.39, 0.29) is 144 Å². The van der Waals surface area contributed by atoms with Crippen LogP contribution in [0.4, 0.5) is 0 Å². The molecule has 2 fully saturated rings. The lowest BCUT2D eigenvalue weighted by atomic mass is 9.89. The quantitative estimate of drug-likeness (QED) is 0.0153. The zero-order valence-electron chi connectivity index (χ0n) is 84.5. The molecule has 0 aromatic heterocycles. The van der Waals surface area contributed by atoms with Crippen LogP contribution in [0.2, 0.25) is 0 Å². The first kappa shape index (κ1) is 126. The predicted molar refractivity (Wildman–Crippen MR) is 551 cm³/mol. The van der Waals surface area contributed by atoms with E-state index in [1.165, 1.54) is 179 Å². The second-order valence-electron chi connectivity index (χ2n) is 39.0. The van der Waals surface area contributed by atoms with E-state index in [0.29, 0.717) is 120 Å². The number of esters is 2. The zero-order valence-corrected chi connectivity index (χ0v) is 87.0. The molecule has 0 bridgehead atoms. The number of carbonyl (C=O) groups is 13. The standard InChI is InChI=1S/C105H192N10O17S3/c1-4-7-10-13-16-19-22-25-28-31-34-37-40-57-86(117)70-85(78-134-80-87(132-99(124)64-42-39-36-33-30-27-24-21-18-15-12-9-6-3)76-131-98(123)63-41-38-35-32-29-26-23-20-17-14-11-8-5-2)104(128)114-91(75-116)94(120)72-82(56-46-51-66-107)102(126)111-88(58-47-52-67-108)92(118)71-81(55-45-50-65-106)101(125)112-89(59-48-53-68-109)93(119)73-83(77-133)103(127)113-90(105(129)130)60-49-54-69-110-96(121)62-44-43-61-95-100-84(79-135-95)74-97(122)115-100/h81-85,87-91,95,100,116,133H,4-80,106-109H2,1-3H3,(H,110,121)(H,111,126)(H,112,125)(H,113,127)(H,114,128)(H,115,122)(H,129,130). The van der Waals surface area contributed by atoms with Crippen LogP contribution < -0.4 is 54.8 Å². The number of unbranched alkanes of at least 4 members (excludes halogenated alkanes) is 42. The number of rotatable bonds is 97. The number of amides is 6. The number of aliphatic hydroxyl groups is 1. The van der Waals surface area contributed by atoms with Crippen molar-refractivity contribution in [1.29, 1.82) is 0 Å². The first-order chi connectivity index (χ1) is 65.5. The number of carboxylic acids is 1. The third kappa shape index (κ3) is 64.7. The summed E-state index contributed by atoms with van der Waals surface area (Å²) in [6.45, 7) is 7.09. The number of ether oxygens (including phenoxy) is 2. The molecular formula is C105H192N10O17S3. The van der Waals surface area contributed by atoms with Crippen molar-refractivity contribution in [3.05, 3.63) is 0 Å². The highest BCUT2D eigenvalue weighted by atomic mass is 32.2. The Morgan fingerprint density at radius 1 is 0.422 bits per heavy atom. The van der Waals surface area contributed by atoms with Crippen LogP contribution in [0.15, 0.2) is 0 Å². The van der Waals surface area contributed by atoms with Crippen molar-refractivity contribution < 1.29 is 82.0 Å². The Kier molecular flexibility index (Phi) is 79.7. The maximum atomic E-state index is 14.9. The Balaban J connectivity index is 2.36. The van der Waals surface area contributed by atoms with Gasteiger partial charge < -0.3 is 74.5 Å². The van der Waals surface area contributed by atoms with Crippen molar-refractivity contribution in [3.63, 3.8) is 0 Å². The molecule has 2 aliphatic heterocycles. The van der Waals surface area contributed by atoms with Crippen molar-refractivity contribution in [2.75, 3.05) is 68.9 Å². The number of hydrogen-bond donors (Lipinski definition) is 13. The number of nitrogens with two attached hydrogens (primary N) is 4. The highest BCUT2D eigenvalue weighted by Crippen LogP contribution is 2.40. The van der Waals surface area contributed by atoms with Crippen LogP contribution in [0.1, 0.15) is 445 Å². The van der Waals surface area contributed by atoms with Gasteiger partial charge in [-0.2, -0.15) is 36.2 Å². The fourth-order valence-corrected chi connectivity index (χ4v) is 21.2. The third-order valence-corrected chi connectivity index (χ3v) is 30.1. The molecule has 0 aliphatic carbocycles. The van der Waals surface area contributed by atoms with Gasteiger partial charge in [-0.05, 0) is 153 Å². The summed E-state index contributed by atoms with van der Waals surface area (Å²) >= 11 is 7.56.